The fraction of sp³-hybridized carbons (Fsp3) is 0.765. The molecule has 2 fully saturated rings. The second-order valence-corrected chi connectivity index (χ2v) is 6.98. The molecule has 6 nitrogen and oxygen atoms in total. The van der Waals surface area contributed by atoms with Gasteiger partial charge >= 0.3 is 0 Å². The number of carbonyl (C=O) groups excluding carboxylic acids is 1. The zero-order valence-electron chi connectivity index (χ0n) is 14.2. The van der Waals surface area contributed by atoms with Crippen molar-refractivity contribution in [3.63, 3.8) is 0 Å². The third kappa shape index (κ3) is 3.43. The Morgan fingerprint density at radius 3 is 2.43 bits per heavy atom. The van der Waals surface area contributed by atoms with Gasteiger partial charge in [0.15, 0.2) is 0 Å². The number of hydrogen-bond acceptors (Lipinski definition) is 4. The Kier molecular flexibility index (Phi) is 5.02. The van der Waals surface area contributed by atoms with Gasteiger partial charge in [0.2, 0.25) is 5.91 Å². The fourth-order valence-corrected chi connectivity index (χ4v) is 4.06. The van der Waals surface area contributed by atoms with Crippen molar-refractivity contribution in [1.29, 1.82) is 0 Å². The summed E-state index contributed by atoms with van der Waals surface area (Å²) in [7, 11) is 0. The predicted octanol–water partition coefficient (Wildman–Crippen LogP) is 0.997. The molecule has 2 N–H and O–H groups in total. The Bertz CT molecular complexity index is 527. The molecule has 1 aromatic rings. The van der Waals surface area contributed by atoms with Crippen LogP contribution in [0, 0.1) is 6.92 Å². The number of nitrogens with zero attached hydrogens (tertiary/aromatic N) is 4. The average Bonchev–Trinajstić information content (AvgIpc) is 2.99. The van der Waals surface area contributed by atoms with E-state index in [1.807, 2.05) is 16.9 Å². The van der Waals surface area contributed by atoms with E-state index in [1.54, 1.807) is 0 Å². The summed E-state index contributed by atoms with van der Waals surface area (Å²) in [5.74, 6) is -0.123. The first kappa shape index (κ1) is 16.5. The van der Waals surface area contributed by atoms with Crippen LogP contribution in [0.2, 0.25) is 0 Å². The standard InChI is InChI=1S/C17H29N5O/c1-15-5-8-19-22(15)14-13-20-11-6-17(7-12-20,16(18)23)21-9-3-2-4-10-21/h5,8H,2-4,6-7,9-14H2,1H3,(H2,18,23). The maximum absolute atomic E-state index is 12.2. The third-order valence-electron chi connectivity index (χ3n) is 5.66. The molecule has 3 rings (SSSR count). The smallest absolute Gasteiger partial charge is 0.238 e. The minimum Gasteiger partial charge on any atom is -0.368 e. The van der Waals surface area contributed by atoms with Crippen LogP contribution in [-0.4, -0.2) is 63.8 Å². The molecule has 6 heteroatoms. The summed E-state index contributed by atoms with van der Waals surface area (Å²) in [5.41, 5.74) is 6.63. The highest BCUT2D eigenvalue weighted by Crippen LogP contribution is 2.31. The van der Waals surface area contributed by atoms with E-state index in [-0.39, 0.29) is 5.91 Å². The van der Waals surface area contributed by atoms with Crippen molar-refractivity contribution >= 4 is 5.91 Å². The van der Waals surface area contributed by atoms with Crippen molar-refractivity contribution < 1.29 is 4.79 Å². The van der Waals surface area contributed by atoms with Crippen LogP contribution < -0.4 is 5.73 Å². The van der Waals surface area contributed by atoms with E-state index in [0.717, 1.165) is 52.1 Å². The molecule has 0 aromatic carbocycles. The van der Waals surface area contributed by atoms with Crippen molar-refractivity contribution in [2.45, 2.75) is 51.1 Å². The normalized spacial score (nSPS) is 23.0. The number of carbonyl (C=O) groups is 1. The van der Waals surface area contributed by atoms with Crippen LogP contribution in [0.4, 0.5) is 0 Å². The maximum atomic E-state index is 12.2. The van der Waals surface area contributed by atoms with Gasteiger partial charge in [0, 0.05) is 31.5 Å². The minimum atomic E-state index is -0.404. The lowest BCUT2D eigenvalue weighted by Crippen LogP contribution is -2.63. The number of aryl methyl sites for hydroxylation is 1. The molecule has 2 aliphatic heterocycles. The number of aromatic nitrogens is 2. The van der Waals surface area contributed by atoms with Crippen molar-refractivity contribution in [1.82, 2.24) is 19.6 Å². The van der Waals surface area contributed by atoms with Crippen molar-refractivity contribution in [2.75, 3.05) is 32.7 Å². The molecule has 0 unspecified atom stereocenters. The van der Waals surface area contributed by atoms with Crippen molar-refractivity contribution in [3.8, 4) is 0 Å². The van der Waals surface area contributed by atoms with Crippen LogP contribution in [0.1, 0.15) is 37.8 Å². The van der Waals surface area contributed by atoms with E-state index in [9.17, 15) is 4.79 Å². The Morgan fingerprint density at radius 2 is 1.87 bits per heavy atom. The van der Waals surface area contributed by atoms with Gasteiger partial charge in [0.25, 0.3) is 0 Å². The highest BCUT2D eigenvalue weighted by atomic mass is 16.1. The molecule has 2 aliphatic rings. The van der Waals surface area contributed by atoms with Gasteiger partial charge in [-0.2, -0.15) is 5.10 Å². The molecule has 0 bridgehead atoms. The Labute approximate surface area is 138 Å². The number of piperidine rings is 2. The van der Waals surface area contributed by atoms with Crippen LogP contribution in [0.25, 0.3) is 0 Å². The van der Waals surface area contributed by atoms with E-state index in [1.165, 1.54) is 25.0 Å². The lowest BCUT2D eigenvalue weighted by atomic mass is 9.83. The Balaban J connectivity index is 1.56. The highest BCUT2D eigenvalue weighted by molar-refractivity contribution is 5.84. The molecule has 3 heterocycles. The van der Waals surface area contributed by atoms with Gasteiger partial charge in [-0.3, -0.25) is 14.4 Å². The first-order chi connectivity index (χ1) is 11.1. The monoisotopic (exact) mass is 319 g/mol. The fourth-order valence-electron chi connectivity index (χ4n) is 4.06. The molecular formula is C17H29N5O. The van der Waals surface area contributed by atoms with Gasteiger partial charge in [-0.1, -0.05) is 6.42 Å². The van der Waals surface area contributed by atoms with Gasteiger partial charge in [0.1, 0.15) is 5.54 Å². The summed E-state index contributed by atoms with van der Waals surface area (Å²) >= 11 is 0. The number of amides is 1. The van der Waals surface area contributed by atoms with Gasteiger partial charge in [0.05, 0.1) is 6.54 Å². The van der Waals surface area contributed by atoms with E-state index >= 15 is 0 Å². The molecule has 0 atom stereocenters. The summed E-state index contributed by atoms with van der Waals surface area (Å²) in [6, 6.07) is 2.03. The third-order valence-corrected chi connectivity index (χ3v) is 5.66. The van der Waals surface area contributed by atoms with E-state index in [0.29, 0.717) is 0 Å². The van der Waals surface area contributed by atoms with Crippen LogP contribution >= 0.6 is 0 Å². The Hall–Kier alpha value is -1.40. The first-order valence-corrected chi connectivity index (χ1v) is 8.87. The Morgan fingerprint density at radius 1 is 1.17 bits per heavy atom. The summed E-state index contributed by atoms with van der Waals surface area (Å²) in [5, 5.41) is 4.34. The summed E-state index contributed by atoms with van der Waals surface area (Å²) in [6.45, 7) is 7.91. The maximum Gasteiger partial charge on any atom is 0.238 e. The number of primary amides is 1. The molecular weight excluding hydrogens is 290 g/mol. The largest absolute Gasteiger partial charge is 0.368 e. The number of hydrogen-bond donors (Lipinski definition) is 1. The van der Waals surface area contributed by atoms with Crippen LogP contribution in [0.3, 0.4) is 0 Å². The second-order valence-electron chi connectivity index (χ2n) is 6.98. The molecule has 128 valence electrons. The zero-order valence-corrected chi connectivity index (χ0v) is 14.2. The summed E-state index contributed by atoms with van der Waals surface area (Å²) in [4.78, 5) is 17.0. The van der Waals surface area contributed by atoms with Gasteiger partial charge in [-0.15, -0.1) is 0 Å². The van der Waals surface area contributed by atoms with Gasteiger partial charge < -0.3 is 10.6 Å². The lowest BCUT2D eigenvalue weighted by Gasteiger charge is -2.48. The van der Waals surface area contributed by atoms with E-state index in [4.69, 9.17) is 5.73 Å². The number of rotatable bonds is 5. The highest BCUT2D eigenvalue weighted by Gasteiger charge is 2.44. The molecule has 0 radical (unpaired) electrons. The summed E-state index contributed by atoms with van der Waals surface area (Å²) < 4.78 is 2.04. The van der Waals surface area contributed by atoms with E-state index in [2.05, 4.69) is 21.8 Å². The van der Waals surface area contributed by atoms with E-state index < -0.39 is 5.54 Å². The minimum absolute atomic E-state index is 0.123. The molecule has 0 spiro atoms. The average molecular weight is 319 g/mol. The zero-order chi connectivity index (χ0) is 16.3. The van der Waals surface area contributed by atoms with Crippen molar-refractivity contribution in [3.05, 3.63) is 18.0 Å². The SMILES string of the molecule is Cc1ccnn1CCN1CCC(C(N)=O)(N2CCCCC2)CC1. The summed E-state index contributed by atoms with van der Waals surface area (Å²) in [6.07, 6.45) is 7.23. The molecule has 0 saturated carbocycles. The predicted molar refractivity (Wildman–Crippen MR) is 90.0 cm³/mol. The molecule has 1 aromatic heterocycles. The number of nitrogens with two attached hydrogens (primary N) is 1. The molecule has 1 amide bonds. The lowest BCUT2D eigenvalue weighted by molar-refractivity contribution is -0.135. The first-order valence-electron chi connectivity index (χ1n) is 8.87. The van der Waals surface area contributed by atoms with Crippen molar-refractivity contribution in [2.24, 2.45) is 5.73 Å². The molecule has 0 aliphatic carbocycles. The molecule has 23 heavy (non-hydrogen) atoms. The molecule has 2 saturated heterocycles. The van der Waals surface area contributed by atoms with Gasteiger partial charge in [-0.25, -0.2) is 0 Å². The van der Waals surface area contributed by atoms with Crippen LogP contribution in [-0.2, 0) is 11.3 Å². The van der Waals surface area contributed by atoms with Crippen LogP contribution in [0.15, 0.2) is 12.3 Å². The quantitative estimate of drug-likeness (QED) is 0.879. The topological polar surface area (TPSA) is 67.4 Å². The second kappa shape index (κ2) is 7.01. The van der Waals surface area contributed by atoms with Crippen LogP contribution in [0.5, 0.6) is 0 Å². The van der Waals surface area contributed by atoms with Gasteiger partial charge in [-0.05, 0) is 51.8 Å². The number of likely N-dealkylation sites (tertiary alicyclic amines) is 2.